The van der Waals surface area contributed by atoms with Crippen LogP contribution in [0, 0.1) is 0 Å². The van der Waals surface area contributed by atoms with E-state index in [0.29, 0.717) is 13.2 Å². The fourth-order valence-electron chi connectivity index (χ4n) is 2.10. The molecule has 3 nitrogen and oxygen atoms in total. The van der Waals surface area contributed by atoms with Crippen molar-refractivity contribution in [2.45, 2.75) is 65.3 Å². The van der Waals surface area contributed by atoms with E-state index in [1.54, 1.807) is 0 Å². The largest absolute Gasteiger partial charge is 0.501 e. The van der Waals surface area contributed by atoms with Gasteiger partial charge in [0.25, 0.3) is 0 Å². The van der Waals surface area contributed by atoms with Gasteiger partial charge in [-0.3, -0.25) is 0 Å². The molecule has 0 aliphatic heterocycles. The number of hydrogen-bond donors (Lipinski definition) is 0. The maximum absolute atomic E-state index is 12.3. The average molecular weight is 294 g/mol. The van der Waals surface area contributed by atoms with Crippen LogP contribution >= 0.6 is 0 Å². The fraction of sp³-hybridized carbons (Fsp3) is 1.00. The Balaban J connectivity index is 4.06. The Hall–Kier alpha value is 0.0269. The van der Waals surface area contributed by atoms with E-state index in [1.807, 2.05) is 13.8 Å². The maximum Gasteiger partial charge on any atom is 0.501 e. The van der Waals surface area contributed by atoms with Gasteiger partial charge in [-0.1, -0.05) is 39.0 Å². The SMILES string of the molecule is CCCCCCCC[Si](OCC)(OCC)OCCF. The van der Waals surface area contributed by atoms with Crippen molar-refractivity contribution >= 4 is 8.80 Å². The van der Waals surface area contributed by atoms with Crippen LogP contribution in [-0.4, -0.2) is 35.3 Å². The highest BCUT2D eigenvalue weighted by Crippen LogP contribution is 2.20. The third-order valence-corrected chi connectivity index (χ3v) is 6.03. The number of halogens is 1. The molecule has 0 bridgehead atoms. The molecule has 0 aliphatic rings. The molecule has 0 unspecified atom stereocenters. The van der Waals surface area contributed by atoms with Crippen LogP contribution in [0.3, 0.4) is 0 Å². The summed E-state index contributed by atoms with van der Waals surface area (Å²) >= 11 is 0. The summed E-state index contributed by atoms with van der Waals surface area (Å²) in [5.41, 5.74) is 0. The molecule has 0 aliphatic carbocycles. The van der Waals surface area contributed by atoms with Crippen molar-refractivity contribution in [3.8, 4) is 0 Å². The summed E-state index contributed by atoms with van der Waals surface area (Å²) < 4.78 is 29.4. The molecule has 0 fully saturated rings. The predicted octanol–water partition coefficient (Wildman–Crippen LogP) is 4.34. The van der Waals surface area contributed by atoms with Gasteiger partial charge in [0.2, 0.25) is 0 Å². The summed E-state index contributed by atoms with van der Waals surface area (Å²) in [5.74, 6) is 0. The summed E-state index contributed by atoms with van der Waals surface area (Å²) in [6.45, 7) is 6.81. The highest BCUT2D eigenvalue weighted by atomic mass is 28.4. The van der Waals surface area contributed by atoms with Gasteiger partial charge in [-0.2, -0.15) is 0 Å². The lowest BCUT2D eigenvalue weighted by molar-refractivity contribution is 0.0617. The molecule has 0 spiro atoms. The second kappa shape index (κ2) is 13.0. The summed E-state index contributed by atoms with van der Waals surface area (Å²) in [6, 6.07) is 0.806. The van der Waals surface area contributed by atoms with Crippen molar-refractivity contribution in [1.82, 2.24) is 0 Å². The first-order valence-corrected chi connectivity index (χ1v) is 9.65. The average Bonchev–Trinajstić information content (AvgIpc) is 2.41. The topological polar surface area (TPSA) is 27.7 Å². The maximum atomic E-state index is 12.3. The number of unbranched alkanes of at least 4 members (excludes halogenated alkanes) is 5. The summed E-state index contributed by atoms with van der Waals surface area (Å²) in [5, 5.41) is 0. The molecule has 19 heavy (non-hydrogen) atoms. The Kier molecular flexibility index (Phi) is 13.0. The molecule has 5 heteroatoms. The minimum atomic E-state index is -2.62. The second-order valence-corrected chi connectivity index (χ2v) is 7.34. The molecular weight excluding hydrogens is 263 g/mol. The van der Waals surface area contributed by atoms with Crippen molar-refractivity contribution in [3.63, 3.8) is 0 Å². The molecule has 0 saturated carbocycles. The van der Waals surface area contributed by atoms with Gasteiger partial charge < -0.3 is 13.3 Å². The van der Waals surface area contributed by atoms with E-state index in [-0.39, 0.29) is 6.61 Å². The lowest BCUT2D eigenvalue weighted by atomic mass is 10.1. The smallest absolute Gasteiger partial charge is 0.374 e. The van der Waals surface area contributed by atoms with Crippen LogP contribution in [0.1, 0.15) is 59.3 Å². The molecule has 116 valence electrons. The van der Waals surface area contributed by atoms with E-state index in [1.165, 1.54) is 32.1 Å². The van der Waals surface area contributed by atoms with Gasteiger partial charge in [0.15, 0.2) is 0 Å². The van der Waals surface area contributed by atoms with Gasteiger partial charge in [-0.15, -0.1) is 0 Å². The first-order valence-electron chi connectivity index (χ1n) is 7.72. The lowest BCUT2D eigenvalue weighted by Crippen LogP contribution is -2.46. The molecule has 0 rings (SSSR count). The van der Waals surface area contributed by atoms with E-state index < -0.39 is 15.5 Å². The fourth-order valence-corrected chi connectivity index (χ4v) is 4.73. The minimum Gasteiger partial charge on any atom is -0.374 e. The van der Waals surface area contributed by atoms with Crippen LogP contribution in [0.25, 0.3) is 0 Å². The molecule has 0 N–H and O–H groups in total. The van der Waals surface area contributed by atoms with E-state index in [9.17, 15) is 4.39 Å². The molecular formula is C14H31FO3Si. The summed E-state index contributed by atoms with van der Waals surface area (Å²) in [6.07, 6.45) is 7.32. The molecule has 0 atom stereocenters. The first-order chi connectivity index (χ1) is 9.24. The molecule has 0 aromatic carbocycles. The molecule has 0 heterocycles. The van der Waals surface area contributed by atoms with Gasteiger partial charge in [-0.25, -0.2) is 4.39 Å². The molecule has 0 radical (unpaired) electrons. The van der Waals surface area contributed by atoms with Crippen LogP contribution in [-0.2, 0) is 13.3 Å². The van der Waals surface area contributed by atoms with Gasteiger partial charge in [0.05, 0.1) is 6.61 Å². The Morgan fingerprint density at radius 1 is 0.789 bits per heavy atom. The third kappa shape index (κ3) is 9.54. The van der Waals surface area contributed by atoms with Crippen LogP contribution in [0.4, 0.5) is 4.39 Å². The normalized spacial score (nSPS) is 12.0. The zero-order valence-electron chi connectivity index (χ0n) is 12.9. The van der Waals surface area contributed by atoms with Gasteiger partial charge >= 0.3 is 8.80 Å². The Bertz CT molecular complexity index is 188. The number of rotatable bonds is 14. The van der Waals surface area contributed by atoms with Crippen LogP contribution < -0.4 is 0 Å². The molecule has 0 aromatic rings. The Morgan fingerprint density at radius 2 is 1.37 bits per heavy atom. The zero-order valence-corrected chi connectivity index (χ0v) is 13.9. The predicted molar refractivity (Wildman–Crippen MR) is 79.1 cm³/mol. The third-order valence-electron chi connectivity index (χ3n) is 2.96. The van der Waals surface area contributed by atoms with Crippen LogP contribution in [0.2, 0.25) is 6.04 Å². The quantitative estimate of drug-likeness (QED) is 0.352. The Morgan fingerprint density at radius 3 is 1.89 bits per heavy atom. The molecule has 0 saturated heterocycles. The monoisotopic (exact) mass is 294 g/mol. The van der Waals surface area contributed by atoms with Gasteiger partial charge in [0, 0.05) is 19.3 Å². The van der Waals surface area contributed by atoms with E-state index >= 15 is 0 Å². The van der Waals surface area contributed by atoms with Crippen molar-refractivity contribution < 1.29 is 17.7 Å². The minimum absolute atomic E-state index is 0.0854. The molecule has 0 amide bonds. The first kappa shape index (κ1) is 19.0. The van der Waals surface area contributed by atoms with E-state index in [0.717, 1.165) is 12.5 Å². The van der Waals surface area contributed by atoms with Crippen molar-refractivity contribution in [2.24, 2.45) is 0 Å². The molecule has 0 aromatic heterocycles. The highest BCUT2D eigenvalue weighted by Gasteiger charge is 2.39. The second-order valence-electron chi connectivity index (χ2n) is 4.60. The summed E-state index contributed by atoms with van der Waals surface area (Å²) in [4.78, 5) is 0. The lowest BCUT2D eigenvalue weighted by Gasteiger charge is -2.28. The Labute approximate surface area is 119 Å². The van der Waals surface area contributed by atoms with E-state index in [4.69, 9.17) is 13.3 Å². The van der Waals surface area contributed by atoms with Crippen LogP contribution in [0.5, 0.6) is 0 Å². The van der Waals surface area contributed by atoms with Crippen molar-refractivity contribution in [1.29, 1.82) is 0 Å². The van der Waals surface area contributed by atoms with Gasteiger partial charge in [-0.05, 0) is 20.3 Å². The van der Waals surface area contributed by atoms with Crippen molar-refractivity contribution in [3.05, 3.63) is 0 Å². The van der Waals surface area contributed by atoms with E-state index in [2.05, 4.69) is 6.92 Å². The zero-order chi connectivity index (χ0) is 14.4. The summed E-state index contributed by atoms with van der Waals surface area (Å²) in [7, 11) is -2.62. The van der Waals surface area contributed by atoms with Crippen molar-refractivity contribution in [2.75, 3.05) is 26.5 Å². The number of hydrogen-bond acceptors (Lipinski definition) is 3. The van der Waals surface area contributed by atoms with Crippen LogP contribution in [0.15, 0.2) is 0 Å². The standard InChI is InChI=1S/C14H31FO3Si/c1-4-7-8-9-10-11-14-19(16-5-2,17-6-3)18-13-12-15/h4-14H2,1-3H3. The highest BCUT2D eigenvalue weighted by molar-refractivity contribution is 6.60. The number of alkyl halides is 1. The van der Waals surface area contributed by atoms with Gasteiger partial charge in [0.1, 0.15) is 6.67 Å².